The summed E-state index contributed by atoms with van der Waals surface area (Å²) >= 11 is 0. The van der Waals surface area contributed by atoms with Crippen molar-refractivity contribution < 1.29 is 14.3 Å². The predicted octanol–water partition coefficient (Wildman–Crippen LogP) is 2.84. The summed E-state index contributed by atoms with van der Waals surface area (Å²) in [5.74, 6) is 0.915. The molecule has 26 heavy (non-hydrogen) atoms. The standard InChI is InChI=1S/C20H25N3O3/c1-14-4-3-5-15(12-14)13-18(24)23-16-6-8-17(9-7-16)26-20-19(25-2)21-10-11-22-20/h3-5,10-12,16-17H,6-9,13H2,1-2H3,(H,23,24). The van der Waals surface area contributed by atoms with E-state index in [2.05, 4.69) is 21.4 Å². The molecule has 1 fully saturated rings. The van der Waals surface area contributed by atoms with Crippen molar-refractivity contribution in [2.75, 3.05) is 7.11 Å². The Labute approximate surface area is 154 Å². The first kappa shape index (κ1) is 18.2. The molecule has 0 saturated heterocycles. The Morgan fingerprint density at radius 2 is 1.88 bits per heavy atom. The average Bonchev–Trinajstić information content (AvgIpc) is 2.64. The minimum absolute atomic E-state index is 0.0746. The van der Waals surface area contributed by atoms with Crippen molar-refractivity contribution in [3.05, 3.63) is 47.8 Å². The summed E-state index contributed by atoms with van der Waals surface area (Å²) in [6.45, 7) is 2.04. The van der Waals surface area contributed by atoms with Crippen molar-refractivity contribution in [1.29, 1.82) is 0 Å². The summed E-state index contributed by atoms with van der Waals surface area (Å²) in [5, 5.41) is 3.15. The van der Waals surface area contributed by atoms with Gasteiger partial charge in [-0.2, -0.15) is 0 Å². The number of hydrogen-bond donors (Lipinski definition) is 1. The summed E-state index contributed by atoms with van der Waals surface area (Å²) in [6.07, 6.45) is 7.20. The Balaban J connectivity index is 1.45. The second kappa shape index (κ2) is 8.65. The Kier molecular flexibility index (Phi) is 6.04. The van der Waals surface area contributed by atoms with Crippen LogP contribution in [-0.4, -0.2) is 35.1 Å². The maximum absolute atomic E-state index is 12.3. The van der Waals surface area contributed by atoms with Gasteiger partial charge in [0.1, 0.15) is 6.10 Å². The number of ether oxygens (including phenoxy) is 2. The van der Waals surface area contributed by atoms with Crippen LogP contribution < -0.4 is 14.8 Å². The molecule has 1 aliphatic rings. The van der Waals surface area contributed by atoms with Crippen molar-refractivity contribution in [3.8, 4) is 11.8 Å². The number of nitrogens with zero attached hydrogens (tertiary/aromatic N) is 2. The smallest absolute Gasteiger partial charge is 0.278 e. The molecule has 0 radical (unpaired) electrons. The van der Waals surface area contributed by atoms with Gasteiger partial charge in [0, 0.05) is 18.4 Å². The normalized spacial score (nSPS) is 19.6. The first-order valence-electron chi connectivity index (χ1n) is 9.00. The fourth-order valence-corrected chi connectivity index (χ4v) is 3.30. The third-order valence-electron chi connectivity index (χ3n) is 4.59. The number of carbonyl (C=O) groups is 1. The van der Waals surface area contributed by atoms with Gasteiger partial charge in [0.25, 0.3) is 11.8 Å². The number of amides is 1. The third kappa shape index (κ3) is 4.94. The van der Waals surface area contributed by atoms with E-state index in [1.165, 1.54) is 5.56 Å². The summed E-state index contributed by atoms with van der Waals surface area (Å²) < 4.78 is 11.1. The number of aromatic nitrogens is 2. The van der Waals surface area contributed by atoms with Crippen LogP contribution in [0, 0.1) is 6.92 Å². The van der Waals surface area contributed by atoms with Gasteiger partial charge in [0.15, 0.2) is 0 Å². The Morgan fingerprint density at radius 1 is 1.15 bits per heavy atom. The molecule has 0 spiro atoms. The first-order chi connectivity index (χ1) is 12.6. The van der Waals surface area contributed by atoms with E-state index in [1.54, 1.807) is 19.5 Å². The fraction of sp³-hybridized carbons (Fsp3) is 0.450. The Hall–Kier alpha value is -2.63. The van der Waals surface area contributed by atoms with E-state index in [0.717, 1.165) is 31.2 Å². The van der Waals surface area contributed by atoms with Crippen molar-refractivity contribution >= 4 is 5.91 Å². The molecular weight excluding hydrogens is 330 g/mol. The predicted molar refractivity (Wildman–Crippen MR) is 98.3 cm³/mol. The van der Waals surface area contributed by atoms with Gasteiger partial charge in [-0.25, -0.2) is 9.97 Å². The van der Waals surface area contributed by atoms with E-state index in [9.17, 15) is 4.79 Å². The maximum atomic E-state index is 12.3. The molecule has 1 N–H and O–H groups in total. The monoisotopic (exact) mass is 355 g/mol. The fourth-order valence-electron chi connectivity index (χ4n) is 3.30. The lowest BCUT2D eigenvalue weighted by atomic mass is 9.92. The van der Waals surface area contributed by atoms with Crippen LogP contribution in [0.5, 0.6) is 11.8 Å². The quantitative estimate of drug-likeness (QED) is 0.862. The number of methoxy groups -OCH3 is 1. The van der Waals surface area contributed by atoms with E-state index in [1.807, 2.05) is 25.1 Å². The zero-order valence-corrected chi connectivity index (χ0v) is 15.3. The first-order valence-corrected chi connectivity index (χ1v) is 9.00. The van der Waals surface area contributed by atoms with Gasteiger partial charge in [-0.1, -0.05) is 29.8 Å². The molecule has 0 unspecified atom stereocenters. The molecule has 6 nitrogen and oxygen atoms in total. The van der Waals surface area contributed by atoms with Gasteiger partial charge in [-0.3, -0.25) is 4.79 Å². The summed E-state index contributed by atoms with van der Waals surface area (Å²) in [4.78, 5) is 20.6. The molecule has 6 heteroatoms. The Morgan fingerprint density at radius 3 is 2.58 bits per heavy atom. The molecule has 1 aromatic heterocycles. The maximum Gasteiger partial charge on any atom is 0.278 e. The highest BCUT2D eigenvalue weighted by Crippen LogP contribution is 2.27. The lowest BCUT2D eigenvalue weighted by Crippen LogP contribution is -2.40. The van der Waals surface area contributed by atoms with Crippen molar-refractivity contribution in [2.24, 2.45) is 0 Å². The molecule has 0 aliphatic heterocycles. The Bertz CT molecular complexity index is 743. The van der Waals surface area contributed by atoms with Crippen LogP contribution in [0.3, 0.4) is 0 Å². The second-order valence-electron chi connectivity index (χ2n) is 6.70. The van der Waals surface area contributed by atoms with Gasteiger partial charge in [0.05, 0.1) is 13.5 Å². The zero-order valence-electron chi connectivity index (χ0n) is 15.3. The molecular formula is C20H25N3O3. The number of rotatable bonds is 6. The molecule has 138 valence electrons. The number of nitrogens with one attached hydrogen (secondary N) is 1. The molecule has 1 heterocycles. The van der Waals surface area contributed by atoms with Gasteiger partial charge in [0.2, 0.25) is 5.91 Å². The summed E-state index contributed by atoms with van der Waals surface area (Å²) in [6, 6.07) is 8.27. The van der Waals surface area contributed by atoms with Crippen LogP contribution in [0.15, 0.2) is 36.7 Å². The van der Waals surface area contributed by atoms with Gasteiger partial charge < -0.3 is 14.8 Å². The summed E-state index contributed by atoms with van der Waals surface area (Å²) in [5.41, 5.74) is 2.22. The number of aryl methyl sites for hydroxylation is 1. The molecule has 1 aliphatic carbocycles. The van der Waals surface area contributed by atoms with Crippen molar-refractivity contribution in [3.63, 3.8) is 0 Å². The minimum atomic E-state index is 0.0746. The average molecular weight is 355 g/mol. The van der Waals surface area contributed by atoms with Gasteiger partial charge in [-0.05, 0) is 38.2 Å². The van der Waals surface area contributed by atoms with Crippen LogP contribution in [0.1, 0.15) is 36.8 Å². The van der Waals surface area contributed by atoms with E-state index in [-0.39, 0.29) is 18.1 Å². The van der Waals surface area contributed by atoms with Crippen molar-refractivity contribution in [1.82, 2.24) is 15.3 Å². The van der Waals surface area contributed by atoms with E-state index < -0.39 is 0 Å². The van der Waals surface area contributed by atoms with Crippen LogP contribution in [0.25, 0.3) is 0 Å². The lowest BCUT2D eigenvalue weighted by molar-refractivity contribution is -0.121. The number of benzene rings is 1. The lowest BCUT2D eigenvalue weighted by Gasteiger charge is -2.29. The van der Waals surface area contributed by atoms with Crippen LogP contribution in [-0.2, 0) is 11.2 Å². The highest BCUT2D eigenvalue weighted by atomic mass is 16.5. The van der Waals surface area contributed by atoms with Crippen molar-refractivity contribution in [2.45, 2.75) is 51.2 Å². The molecule has 3 rings (SSSR count). The number of carbonyl (C=O) groups excluding carboxylic acids is 1. The molecule has 0 atom stereocenters. The largest absolute Gasteiger partial charge is 0.477 e. The second-order valence-corrected chi connectivity index (χ2v) is 6.70. The van der Waals surface area contributed by atoms with Gasteiger partial charge >= 0.3 is 0 Å². The van der Waals surface area contributed by atoms with Crippen LogP contribution in [0.4, 0.5) is 0 Å². The van der Waals surface area contributed by atoms with E-state index in [4.69, 9.17) is 9.47 Å². The molecule has 1 amide bonds. The van der Waals surface area contributed by atoms with Crippen LogP contribution >= 0.6 is 0 Å². The van der Waals surface area contributed by atoms with E-state index in [0.29, 0.717) is 18.2 Å². The SMILES string of the molecule is COc1nccnc1OC1CCC(NC(=O)Cc2cccc(C)c2)CC1. The van der Waals surface area contributed by atoms with Crippen LogP contribution in [0.2, 0.25) is 0 Å². The van der Waals surface area contributed by atoms with Gasteiger partial charge in [-0.15, -0.1) is 0 Å². The third-order valence-corrected chi connectivity index (χ3v) is 4.59. The highest BCUT2D eigenvalue weighted by Gasteiger charge is 2.25. The summed E-state index contributed by atoms with van der Waals surface area (Å²) in [7, 11) is 1.55. The van der Waals surface area contributed by atoms with E-state index >= 15 is 0 Å². The topological polar surface area (TPSA) is 73.3 Å². The molecule has 0 bridgehead atoms. The minimum Gasteiger partial charge on any atom is -0.477 e. The molecule has 1 saturated carbocycles. The number of hydrogen-bond acceptors (Lipinski definition) is 5. The molecule has 2 aromatic rings. The molecule has 1 aromatic carbocycles. The zero-order chi connectivity index (χ0) is 18.4. The highest BCUT2D eigenvalue weighted by molar-refractivity contribution is 5.78.